The van der Waals surface area contributed by atoms with Gasteiger partial charge in [-0.1, -0.05) is 0 Å². The molecule has 4 rings (SSSR count). The van der Waals surface area contributed by atoms with Gasteiger partial charge in [-0.15, -0.1) is 0 Å². The average Bonchev–Trinajstić information content (AvgIpc) is 3.22. The second-order valence-corrected chi connectivity index (χ2v) is 6.76. The van der Waals surface area contributed by atoms with Crippen molar-refractivity contribution in [1.82, 2.24) is 14.3 Å². The molecular weight excluding hydrogens is 366 g/mol. The van der Waals surface area contributed by atoms with E-state index < -0.39 is 29.2 Å². The number of hydrogen-bond acceptors (Lipinski definition) is 2. The number of benzene rings is 1. The summed E-state index contributed by atoms with van der Waals surface area (Å²) < 4.78 is 56.6. The number of aromatic carboxylic acids is 1. The van der Waals surface area contributed by atoms with Crippen molar-refractivity contribution in [2.45, 2.75) is 38.5 Å². The van der Waals surface area contributed by atoms with Crippen LogP contribution in [0.5, 0.6) is 0 Å². The van der Waals surface area contributed by atoms with E-state index in [1.807, 2.05) is 0 Å². The molecular formula is C18H15F4N3O2. The molecule has 1 aliphatic rings. The monoisotopic (exact) mass is 381 g/mol. The molecule has 0 aliphatic heterocycles. The van der Waals surface area contributed by atoms with Crippen LogP contribution in [-0.2, 0) is 12.7 Å². The minimum Gasteiger partial charge on any atom is -0.478 e. The maximum atomic E-state index is 14.1. The average molecular weight is 381 g/mol. The summed E-state index contributed by atoms with van der Waals surface area (Å²) in [7, 11) is 0. The quantitative estimate of drug-likeness (QED) is 0.682. The van der Waals surface area contributed by atoms with Crippen LogP contribution in [0.3, 0.4) is 0 Å². The normalized spacial score (nSPS) is 14.9. The molecule has 1 aliphatic carbocycles. The lowest BCUT2D eigenvalue weighted by Gasteiger charge is -2.13. The van der Waals surface area contributed by atoms with Crippen molar-refractivity contribution in [1.29, 1.82) is 0 Å². The number of carboxylic acids is 1. The zero-order valence-corrected chi connectivity index (χ0v) is 14.2. The Morgan fingerprint density at radius 3 is 2.56 bits per heavy atom. The Morgan fingerprint density at radius 2 is 1.96 bits per heavy atom. The molecule has 3 aromatic rings. The molecule has 0 amide bonds. The van der Waals surface area contributed by atoms with Gasteiger partial charge in [0, 0.05) is 17.1 Å². The summed E-state index contributed by atoms with van der Waals surface area (Å²) in [4.78, 5) is 11.2. The summed E-state index contributed by atoms with van der Waals surface area (Å²) in [5, 5.41) is 13.5. The van der Waals surface area contributed by atoms with E-state index in [0.717, 1.165) is 29.7 Å². The summed E-state index contributed by atoms with van der Waals surface area (Å²) >= 11 is 0. The van der Waals surface area contributed by atoms with Gasteiger partial charge in [0.15, 0.2) is 0 Å². The zero-order chi connectivity index (χ0) is 19.5. The fourth-order valence-corrected chi connectivity index (χ4v) is 3.40. The number of rotatable bonds is 4. The van der Waals surface area contributed by atoms with Crippen molar-refractivity contribution in [3.05, 3.63) is 52.7 Å². The van der Waals surface area contributed by atoms with Gasteiger partial charge in [0.1, 0.15) is 11.5 Å². The zero-order valence-electron chi connectivity index (χ0n) is 14.2. The predicted octanol–water partition coefficient (Wildman–Crippen LogP) is 4.39. The fourth-order valence-electron chi connectivity index (χ4n) is 3.40. The SMILES string of the molecule is Cc1cc(C(F)(F)F)n(Cc2cc3cc(C(=O)O)c(F)cc3n2C2CC2)n1. The highest BCUT2D eigenvalue weighted by Crippen LogP contribution is 2.40. The molecule has 0 saturated heterocycles. The smallest absolute Gasteiger partial charge is 0.433 e. The van der Waals surface area contributed by atoms with Crippen molar-refractivity contribution in [3.8, 4) is 0 Å². The molecule has 1 saturated carbocycles. The van der Waals surface area contributed by atoms with Crippen molar-refractivity contribution < 1.29 is 27.5 Å². The van der Waals surface area contributed by atoms with Gasteiger partial charge in [0.05, 0.1) is 23.3 Å². The van der Waals surface area contributed by atoms with Crippen LogP contribution in [-0.4, -0.2) is 25.4 Å². The first kappa shape index (κ1) is 17.6. The Labute approximate surface area is 150 Å². The highest BCUT2D eigenvalue weighted by molar-refractivity contribution is 5.94. The number of nitrogens with zero attached hydrogens (tertiary/aromatic N) is 3. The van der Waals surface area contributed by atoms with Crippen LogP contribution >= 0.6 is 0 Å². The van der Waals surface area contributed by atoms with Gasteiger partial charge in [-0.05, 0) is 44.0 Å². The van der Waals surface area contributed by atoms with Crippen LogP contribution in [0.2, 0.25) is 0 Å². The number of halogens is 4. The van der Waals surface area contributed by atoms with Gasteiger partial charge in [-0.25, -0.2) is 9.18 Å². The lowest BCUT2D eigenvalue weighted by molar-refractivity contribution is -0.144. The van der Waals surface area contributed by atoms with E-state index in [2.05, 4.69) is 5.10 Å². The third-order valence-electron chi connectivity index (χ3n) is 4.65. The summed E-state index contributed by atoms with van der Waals surface area (Å²) in [6, 6.07) is 5.01. The summed E-state index contributed by atoms with van der Waals surface area (Å²) in [5.41, 5.74) is -0.0657. The maximum Gasteiger partial charge on any atom is 0.433 e. The lowest BCUT2D eigenvalue weighted by atomic mass is 10.1. The van der Waals surface area contributed by atoms with E-state index in [4.69, 9.17) is 5.11 Å². The van der Waals surface area contributed by atoms with Gasteiger partial charge in [0.25, 0.3) is 0 Å². The molecule has 0 radical (unpaired) electrons. The van der Waals surface area contributed by atoms with Crippen molar-refractivity contribution >= 4 is 16.9 Å². The first-order valence-electron chi connectivity index (χ1n) is 8.33. The van der Waals surface area contributed by atoms with Gasteiger partial charge in [-0.3, -0.25) is 4.68 Å². The second-order valence-electron chi connectivity index (χ2n) is 6.76. The van der Waals surface area contributed by atoms with Crippen LogP contribution in [0.1, 0.15) is 46.3 Å². The molecule has 1 N–H and O–H groups in total. The van der Waals surface area contributed by atoms with Crippen LogP contribution in [0.15, 0.2) is 24.3 Å². The molecule has 0 unspecified atom stereocenters. The topological polar surface area (TPSA) is 60.1 Å². The minimum atomic E-state index is -4.54. The molecule has 142 valence electrons. The van der Waals surface area contributed by atoms with E-state index in [1.165, 1.54) is 13.0 Å². The third-order valence-corrected chi connectivity index (χ3v) is 4.65. The standard InChI is InChI=1S/C18H15F4N3O2/c1-9-4-16(18(20,21)22)24(23-9)8-12-5-10-6-13(17(26)27)14(19)7-15(10)25(12)11-2-3-11/h4-7,11H,2-3,8H2,1H3,(H,26,27). The molecule has 0 bridgehead atoms. The Hall–Kier alpha value is -2.84. The van der Waals surface area contributed by atoms with Crippen LogP contribution in [0, 0.1) is 12.7 Å². The predicted molar refractivity (Wildman–Crippen MR) is 88.2 cm³/mol. The highest BCUT2D eigenvalue weighted by Gasteiger charge is 2.36. The second kappa shape index (κ2) is 5.83. The molecule has 1 aromatic carbocycles. The molecule has 0 spiro atoms. The Kier molecular flexibility index (Phi) is 3.79. The molecule has 27 heavy (non-hydrogen) atoms. The van der Waals surface area contributed by atoms with Gasteiger partial charge >= 0.3 is 12.1 Å². The number of aryl methyl sites for hydroxylation is 1. The Balaban J connectivity index is 1.85. The van der Waals surface area contributed by atoms with Crippen molar-refractivity contribution in [2.75, 3.05) is 0 Å². The number of carbonyl (C=O) groups is 1. The number of alkyl halides is 3. The van der Waals surface area contributed by atoms with E-state index in [9.17, 15) is 22.4 Å². The van der Waals surface area contributed by atoms with Crippen LogP contribution in [0.4, 0.5) is 17.6 Å². The van der Waals surface area contributed by atoms with Gasteiger partial charge in [0.2, 0.25) is 0 Å². The van der Waals surface area contributed by atoms with Crippen LogP contribution < -0.4 is 0 Å². The van der Waals surface area contributed by atoms with Crippen molar-refractivity contribution in [3.63, 3.8) is 0 Å². The van der Waals surface area contributed by atoms with Crippen LogP contribution in [0.25, 0.3) is 10.9 Å². The molecule has 9 heteroatoms. The van der Waals surface area contributed by atoms with Gasteiger partial charge in [-0.2, -0.15) is 18.3 Å². The first-order valence-corrected chi connectivity index (χ1v) is 8.33. The fraction of sp³-hybridized carbons (Fsp3) is 0.333. The molecule has 5 nitrogen and oxygen atoms in total. The third kappa shape index (κ3) is 3.07. The number of aromatic nitrogens is 3. The molecule has 1 fully saturated rings. The summed E-state index contributed by atoms with van der Waals surface area (Å²) in [6.07, 6.45) is -2.87. The van der Waals surface area contributed by atoms with E-state index in [0.29, 0.717) is 16.6 Å². The largest absolute Gasteiger partial charge is 0.478 e. The van der Waals surface area contributed by atoms with Crippen molar-refractivity contribution in [2.24, 2.45) is 0 Å². The molecule has 2 aromatic heterocycles. The summed E-state index contributed by atoms with van der Waals surface area (Å²) in [6.45, 7) is 1.34. The van der Waals surface area contributed by atoms with E-state index >= 15 is 0 Å². The summed E-state index contributed by atoms with van der Waals surface area (Å²) in [5.74, 6) is -2.26. The Morgan fingerprint density at radius 1 is 1.26 bits per heavy atom. The minimum absolute atomic E-state index is 0.0681. The highest BCUT2D eigenvalue weighted by atomic mass is 19.4. The number of carboxylic acid groups (broad SMARTS) is 1. The molecule has 2 heterocycles. The number of fused-ring (bicyclic) bond motifs is 1. The van der Waals surface area contributed by atoms with E-state index in [-0.39, 0.29) is 18.3 Å². The lowest BCUT2D eigenvalue weighted by Crippen LogP contribution is -2.17. The van der Waals surface area contributed by atoms with Gasteiger partial charge < -0.3 is 9.67 Å². The first-order chi connectivity index (χ1) is 12.6. The number of hydrogen-bond donors (Lipinski definition) is 1. The Bertz CT molecular complexity index is 1060. The van der Waals surface area contributed by atoms with E-state index in [1.54, 1.807) is 10.6 Å². The maximum absolute atomic E-state index is 14.1. The molecule has 0 atom stereocenters.